The first-order valence-corrected chi connectivity index (χ1v) is 6.88. The summed E-state index contributed by atoms with van der Waals surface area (Å²) in [5.41, 5.74) is 6.50. The average Bonchev–Trinajstić information content (AvgIpc) is 2.30. The number of hydrogen-bond donors (Lipinski definition) is 2. The van der Waals surface area contributed by atoms with E-state index in [4.69, 9.17) is 5.73 Å². The van der Waals surface area contributed by atoms with Gasteiger partial charge >= 0.3 is 0 Å². The van der Waals surface area contributed by atoms with Crippen LogP contribution in [-0.2, 0) is 0 Å². The van der Waals surface area contributed by atoms with Gasteiger partial charge in [0, 0.05) is 18.1 Å². The van der Waals surface area contributed by atoms with Gasteiger partial charge in [-0.3, -0.25) is 0 Å². The van der Waals surface area contributed by atoms with E-state index in [1.807, 2.05) is 0 Å². The summed E-state index contributed by atoms with van der Waals surface area (Å²) in [5.74, 6) is 1.58. The maximum absolute atomic E-state index is 6.50. The van der Waals surface area contributed by atoms with Crippen molar-refractivity contribution in [3.63, 3.8) is 0 Å². The molecule has 2 aliphatic carbocycles. The molecule has 2 saturated carbocycles. The molecule has 15 heavy (non-hydrogen) atoms. The van der Waals surface area contributed by atoms with Crippen molar-refractivity contribution in [1.29, 1.82) is 0 Å². The zero-order valence-corrected chi connectivity index (χ0v) is 9.62. The Balaban J connectivity index is 1.76. The van der Waals surface area contributed by atoms with Gasteiger partial charge in [-0.1, -0.05) is 25.7 Å². The van der Waals surface area contributed by atoms with Gasteiger partial charge in [-0.2, -0.15) is 0 Å². The van der Waals surface area contributed by atoms with Gasteiger partial charge in [-0.25, -0.2) is 0 Å². The second kappa shape index (κ2) is 4.06. The molecule has 2 heteroatoms. The van der Waals surface area contributed by atoms with Gasteiger partial charge in [0.15, 0.2) is 0 Å². The fourth-order valence-corrected chi connectivity index (χ4v) is 4.25. The highest BCUT2D eigenvalue weighted by Gasteiger charge is 2.43. The molecule has 4 atom stereocenters. The van der Waals surface area contributed by atoms with Crippen LogP contribution in [0.1, 0.15) is 51.4 Å². The summed E-state index contributed by atoms with van der Waals surface area (Å²) >= 11 is 0. The lowest BCUT2D eigenvalue weighted by atomic mass is 9.66. The number of nitrogens with two attached hydrogens (primary N) is 1. The van der Waals surface area contributed by atoms with Gasteiger partial charge in [0.05, 0.1) is 0 Å². The maximum atomic E-state index is 6.50. The Labute approximate surface area is 93.0 Å². The van der Waals surface area contributed by atoms with Crippen LogP contribution in [-0.4, -0.2) is 18.1 Å². The Morgan fingerprint density at radius 1 is 0.733 bits per heavy atom. The summed E-state index contributed by atoms with van der Waals surface area (Å²) in [4.78, 5) is 0. The van der Waals surface area contributed by atoms with Crippen LogP contribution in [0.3, 0.4) is 0 Å². The highest BCUT2D eigenvalue weighted by molar-refractivity contribution is 5.01. The summed E-state index contributed by atoms with van der Waals surface area (Å²) < 4.78 is 0. The Morgan fingerprint density at radius 3 is 1.73 bits per heavy atom. The molecule has 0 spiro atoms. The first-order chi connectivity index (χ1) is 7.36. The smallest absolute Gasteiger partial charge is 0.0125 e. The molecule has 1 saturated heterocycles. The molecule has 3 aliphatic rings. The predicted molar refractivity (Wildman–Crippen MR) is 62.6 cm³/mol. The van der Waals surface area contributed by atoms with E-state index in [1.165, 1.54) is 51.4 Å². The van der Waals surface area contributed by atoms with Crippen LogP contribution in [0.5, 0.6) is 0 Å². The zero-order valence-electron chi connectivity index (χ0n) is 9.62. The lowest BCUT2D eigenvalue weighted by Gasteiger charge is -2.50. The molecule has 0 aromatic rings. The highest BCUT2D eigenvalue weighted by Crippen LogP contribution is 2.39. The van der Waals surface area contributed by atoms with Crippen LogP contribution in [0.25, 0.3) is 0 Å². The molecule has 3 rings (SSSR count). The molecule has 0 bridgehead atoms. The van der Waals surface area contributed by atoms with Crippen LogP contribution < -0.4 is 11.1 Å². The van der Waals surface area contributed by atoms with Crippen molar-refractivity contribution < 1.29 is 0 Å². The molecular formula is C13H24N2. The van der Waals surface area contributed by atoms with Crippen LogP contribution in [0.2, 0.25) is 0 Å². The highest BCUT2D eigenvalue weighted by atomic mass is 15.0. The van der Waals surface area contributed by atoms with Gasteiger partial charge in [0.1, 0.15) is 0 Å². The third kappa shape index (κ3) is 1.72. The fraction of sp³-hybridized carbons (Fsp3) is 1.00. The molecule has 3 N–H and O–H groups in total. The molecule has 3 fully saturated rings. The third-order valence-corrected chi connectivity index (χ3v) is 5.06. The summed E-state index contributed by atoms with van der Waals surface area (Å²) in [6.45, 7) is 0. The normalized spacial score (nSPS) is 50.6. The Kier molecular flexibility index (Phi) is 2.73. The van der Waals surface area contributed by atoms with Crippen molar-refractivity contribution in [3.8, 4) is 0 Å². The Morgan fingerprint density at radius 2 is 1.20 bits per heavy atom. The van der Waals surface area contributed by atoms with E-state index >= 15 is 0 Å². The van der Waals surface area contributed by atoms with Crippen LogP contribution >= 0.6 is 0 Å². The van der Waals surface area contributed by atoms with E-state index in [2.05, 4.69) is 5.32 Å². The van der Waals surface area contributed by atoms with Gasteiger partial charge in [0.25, 0.3) is 0 Å². The molecule has 0 radical (unpaired) electrons. The summed E-state index contributed by atoms with van der Waals surface area (Å²) in [5, 5.41) is 3.91. The van der Waals surface area contributed by atoms with Crippen molar-refractivity contribution in [3.05, 3.63) is 0 Å². The average molecular weight is 208 g/mol. The van der Waals surface area contributed by atoms with E-state index in [-0.39, 0.29) is 0 Å². The molecular weight excluding hydrogens is 184 g/mol. The van der Waals surface area contributed by atoms with Crippen molar-refractivity contribution in [2.75, 3.05) is 0 Å². The molecule has 2 nitrogen and oxygen atoms in total. The summed E-state index contributed by atoms with van der Waals surface area (Å²) in [7, 11) is 0. The summed E-state index contributed by atoms with van der Waals surface area (Å²) in [6.07, 6.45) is 11.2. The Bertz CT molecular complexity index is 207. The number of rotatable bonds is 0. The van der Waals surface area contributed by atoms with E-state index < -0.39 is 0 Å². The maximum Gasteiger partial charge on any atom is 0.0125 e. The van der Waals surface area contributed by atoms with E-state index in [0.717, 1.165) is 23.9 Å². The van der Waals surface area contributed by atoms with Crippen LogP contribution in [0.15, 0.2) is 0 Å². The minimum Gasteiger partial charge on any atom is -0.327 e. The molecule has 0 aromatic carbocycles. The SMILES string of the molecule is NC1C2CCCCC2NC2CCCCC21. The van der Waals surface area contributed by atoms with Gasteiger partial charge in [-0.15, -0.1) is 0 Å². The second-order valence-corrected chi connectivity index (χ2v) is 5.85. The third-order valence-electron chi connectivity index (χ3n) is 5.06. The van der Waals surface area contributed by atoms with Gasteiger partial charge < -0.3 is 11.1 Å². The summed E-state index contributed by atoms with van der Waals surface area (Å²) in [6, 6.07) is 2.02. The van der Waals surface area contributed by atoms with E-state index in [0.29, 0.717) is 6.04 Å². The Hall–Kier alpha value is -0.0800. The zero-order chi connectivity index (χ0) is 10.3. The minimum atomic E-state index is 0.502. The topological polar surface area (TPSA) is 38.0 Å². The van der Waals surface area contributed by atoms with E-state index in [9.17, 15) is 0 Å². The first-order valence-electron chi connectivity index (χ1n) is 6.88. The molecule has 4 unspecified atom stereocenters. The van der Waals surface area contributed by atoms with E-state index in [1.54, 1.807) is 0 Å². The first kappa shape index (κ1) is 10.1. The van der Waals surface area contributed by atoms with Crippen molar-refractivity contribution in [2.45, 2.75) is 69.5 Å². The van der Waals surface area contributed by atoms with Crippen molar-refractivity contribution in [2.24, 2.45) is 17.6 Å². The van der Waals surface area contributed by atoms with Crippen LogP contribution in [0.4, 0.5) is 0 Å². The number of piperidine rings is 1. The quantitative estimate of drug-likeness (QED) is 0.639. The van der Waals surface area contributed by atoms with Crippen molar-refractivity contribution in [1.82, 2.24) is 5.32 Å². The molecule has 0 aromatic heterocycles. The number of fused-ring (bicyclic) bond motifs is 2. The molecule has 0 amide bonds. The number of hydrogen-bond acceptors (Lipinski definition) is 2. The van der Waals surface area contributed by atoms with Gasteiger partial charge in [-0.05, 0) is 37.5 Å². The van der Waals surface area contributed by atoms with Gasteiger partial charge in [0.2, 0.25) is 0 Å². The predicted octanol–water partition coefficient (Wildman–Crippen LogP) is 2.03. The molecule has 1 heterocycles. The monoisotopic (exact) mass is 208 g/mol. The minimum absolute atomic E-state index is 0.502. The van der Waals surface area contributed by atoms with Crippen LogP contribution in [0, 0.1) is 11.8 Å². The molecule has 1 aliphatic heterocycles. The molecule has 86 valence electrons. The van der Waals surface area contributed by atoms with Crippen molar-refractivity contribution >= 4 is 0 Å². The second-order valence-electron chi connectivity index (χ2n) is 5.85. The lowest BCUT2D eigenvalue weighted by molar-refractivity contribution is 0.0710. The fourth-order valence-electron chi connectivity index (χ4n) is 4.25. The largest absolute Gasteiger partial charge is 0.327 e. The number of nitrogens with one attached hydrogen (secondary N) is 1. The standard InChI is InChI=1S/C13H24N2/c14-13-9-5-1-3-7-11(9)15-12-8-4-2-6-10(12)13/h9-13,15H,1-8,14H2. The lowest BCUT2D eigenvalue weighted by Crippen LogP contribution is -2.63.